The molecule has 1 spiro atoms. The van der Waals surface area contributed by atoms with Crippen LogP contribution in [0.3, 0.4) is 0 Å². The Bertz CT molecular complexity index is 1250. The SMILES string of the molecule is CCOC(=O)c1ccc(N2CCN(C(=O)c3ccccc3)CC2)c(N2C(N)=NC(N)=NC23CCCCC3)c1. The molecule has 4 N–H and O–H groups in total. The molecular weight excluding hydrogens is 482 g/mol. The van der Waals surface area contributed by atoms with Gasteiger partial charge in [0.15, 0.2) is 0 Å². The van der Waals surface area contributed by atoms with E-state index in [1.807, 2.05) is 52.3 Å². The summed E-state index contributed by atoms with van der Waals surface area (Å²) in [4.78, 5) is 40.9. The van der Waals surface area contributed by atoms with Crippen LogP contribution in [0.5, 0.6) is 0 Å². The second-order valence-corrected chi connectivity index (χ2v) is 9.89. The average Bonchev–Trinajstić information content (AvgIpc) is 2.93. The van der Waals surface area contributed by atoms with Gasteiger partial charge in [-0.3, -0.25) is 9.69 Å². The van der Waals surface area contributed by atoms with Crippen LogP contribution in [0, 0.1) is 0 Å². The molecular formula is C28H35N7O3. The average molecular weight is 518 g/mol. The zero-order valence-corrected chi connectivity index (χ0v) is 21.8. The van der Waals surface area contributed by atoms with Crippen LogP contribution < -0.4 is 21.3 Å². The van der Waals surface area contributed by atoms with Crippen molar-refractivity contribution < 1.29 is 14.3 Å². The maximum absolute atomic E-state index is 13.0. The van der Waals surface area contributed by atoms with Gasteiger partial charge in [-0.25, -0.2) is 9.79 Å². The number of nitrogens with two attached hydrogens (primary N) is 2. The van der Waals surface area contributed by atoms with Crippen molar-refractivity contribution in [3.63, 3.8) is 0 Å². The lowest BCUT2D eigenvalue weighted by molar-refractivity contribution is 0.0526. The van der Waals surface area contributed by atoms with Crippen LogP contribution in [0.1, 0.15) is 59.7 Å². The van der Waals surface area contributed by atoms with Crippen LogP contribution in [0.4, 0.5) is 11.4 Å². The number of benzene rings is 2. The molecule has 2 heterocycles. The molecule has 0 radical (unpaired) electrons. The van der Waals surface area contributed by atoms with E-state index in [9.17, 15) is 9.59 Å². The first-order chi connectivity index (χ1) is 18.4. The van der Waals surface area contributed by atoms with E-state index in [-0.39, 0.29) is 24.4 Å². The van der Waals surface area contributed by atoms with Gasteiger partial charge in [0.1, 0.15) is 5.66 Å². The van der Waals surface area contributed by atoms with Crippen LogP contribution in [0.2, 0.25) is 0 Å². The predicted octanol–water partition coefficient (Wildman–Crippen LogP) is 2.94. The fourth-order valence-electron chi connectivity index (χ4n) is 5.69. The number of guanidine groups is 2. The van der Waals surface area contributed by atoms with Crippen LogP contribution in [0.25, 0.3) is 0 Å². The Morgan fingerprint density at radius 3 is 2.32 bits per heavy atom. The van der Waals surface area contributed by atoms with Crippen LogP contribution in [-0.4, -0.2) is 67.1 Å². The Morgan fingerprint density at radius 1 is 0.921 bits per heavy atom. The molecule has 10 heteroatoms. The number of aliphatic imine (C=N–C) groups is 2. The third-order valence-corrected chi connectivity index (χ3v) is 7.51. The van der Waals surface area contributed by atoms with Crippen molar-refractivity contribution >= 4 is 35.2 Å². The van der Waals surface area contributed by atoms with E-state index in [2.05, 4.69) is 9.89 Å². The zero-order chi connectivity index (χ0) is 26.7. The Kier molecular flexibility index (Phi) is 7.22. The van der Waals surface area contributed by atoms with Crippen molar-refractivity contribution in [2.24, 2.45) is 21.5 Å². The molecule has 2 fully saturated rings. The number of nitrogens with zero attached hydrogens (tertiary/aromatic N) is 5. The van der Waals surface area contributed by atoms with Crippen LogP contribution >= 0.6 is 0 Å². The van der Waals surface area contributed by atoms with Gasteiger partial charge in [-0.1, -0.05) is 24.6 Å². The molecule has 0 unspecified atom stereocenters. The Hall–Kier alpha value is -4.08. The fraction of sp³-hybridized carbons (Fsp3) is 0.429. The highest BCUT2D eigenvalue weighted by Crippen LogP contribution is 2.43. The maximum Gasteiger partial charge on any atom is 0.338 e. The Balaban J connectivity index is 1.48. The lowest BCUT2D eigenvalue weighted by Gasteiger charge is -2.47. The first-order valence-electron chi connectivity index (χ1n) is 13.3. The summed E-state index contributed by atoms with van der Waals surface area (Å²) in [5.74, 6) is 0.0738. The number of rotatable bonds is 5. The first kappa shape index (κ1) is 25.6. The summed E-state index contributed by atoms with van der Waals surface area (Å²) in [6.07, 6.45) is 4.68. The summed E-state index contributed by atoms with van der Waals surface area (Å²) in [6, 6.07) is 14.9. The molecule has 200 valence electrons. The van der Waals surface area contributed by atoms with E-state index in [0.29, 0.717) is 37.3 Å². The molecule has 2 aromatic carbocycles. The highest BCUT2D eigenvalue weighted by atomic mass is 16.5. The number of anilines is 2. The van der Waals surface area contributed by atoms with Gasteiger partial charge in [0, 0.05) is 31.7 Å². The monoisotopic (exact) mass is 517 g/mol. The Morgan fingerprint density at radius 2 is 1.63 bits per heavy atom. The van der Waals surface area contributed by atoms with Gasteiger partial charge < -0.3 is 26.0 Å². The normalized spacial score (nSPS) is 19.1. The lowest BCUT2D eigenvalue weighted by atomic mass is 9.87. The number of amides is 1. The predicted molar refractivity (Wildman–Crippen MR) is 148 cm³/mol. The van der Waals surface area contributed by atoms with Gasteiger partial charge in [-0.2, -0.15) is 4.99 Å². The van der Waals surface area contributed by atoms with Gasteiger partial charge in [-0.05, 0) is 62.9 Å². The minimum absolute atomic E-state index is 0.0292. The van der Waals surface area contributed by atoms with E-state index in [0.717, 1.165) is 43.5 Å². The molecule has 0 bridgehead atoms. The van der Waals surface area contributed by atoms with Crippen LogP contribution in [0.15, 0.2) is 58.5 Å². The van der Waals surface area contributed by atoms with Crippen molar-refractivity contribution in [1.29, 1.82) is 0 Å². The zero-order valence-electron chi connectivity index (χ0n) is 21.8. The van der Waals surface area contributed by atoms with E-state index in [1.165, 1.54) is 0 Å². The number of hydrogen-bond acceptors (Lipinski definition) is 9. The number of carbonyl (C=O) groups is 2. The minimum atomic E-state index is -0.651. The van der Waals surface area contributed by atoms with Crippen molar-refractivity contribution in [2.45, 2.75) is 44.7 Å². The molecule has 38 heavy (non-hydrogen) atoms. The third-order valence-electron chi connectivity index (χ3n) is 7.51. The highest BCUT2D eigenvalue weighted by Gasteiger charge is 2.44. The molecule has 2 aliphatic heterocycles. The standard InChI is InChI=1S/C28H35N7O3/c1-2-38-25(37)21-11-12-22(33-15-17-34(18-16-33)24(36)20-9-5-3-6-10-20)23(19-21)35-27(30)31-26(29)32-28(35)13-7-4-8-14-28/h3,5-6,9-12,19H,2,4,7-8,13-18H2,1H3,(H4,29,30,31,32). The molecule has 5 rings (SSSR count). The quantitative estimate of drug-likeness (QED) is 0.583. The maximum atomic E-state index is 13.0. The summed E-state index contributed by atoms with van der Waals surface area (Å²) in [7, 11) is 0. The van der Waals surface area contributed by atoms with Gasteiger partial charge in [0.2, 0.25) is 11.9 Å². The summed E-state index contributed by atoms with van der Waals surface area (Å²) >= 11 is 0. The molecule has 10 nitrogen and oxygen atoms in total. The molecule has 1 saturated heterocycles. The minimum Gasteiger partial charge on any atom is -0.462 e. The van der Waals surface area contributed by atoms with E-state index >= 15 is 0 Å². The molecule has 0 atom stereocenters. The van der Waals surface area contributed by atoms with Gasteiger partial charge in [0.05, 0.1) is 23.5 Å². The van der Waals surface area contributed by atoms with Crippen LogP contribution in [-0.2, 0) is 4.74 Å². The molecule has 0 aromatic heterocycles. The number of ether oxygens (including phenoxy) is 1. The number of piperazine rings is 1. The summed E-state index contributed by atoms with van der Waals surface area (Å²) < 4.78 is 5.29. The van der Waals surface area contributed by atoms with Gasteiger partial charge >= 0.3 is 5.97 Å². The van der Waals surface area contributed by atoms with Gasteiger partial charge in [-0.15, -0.1) is 0 Å². The fourth-order valence-corrected chi connectivity index (χ4v) is 5.69. The lowest BCUT2D eigenvalue weighted by Crippen LogP contribution is -2.59. The smallest absolute Gasteiger partial charge is 0.338 e. The van der Waals surface area contributed by atoms with E-state index in [4.69, 9.17) is 21.2 Å². The van der Waals surface area contributed by atoms with Crippen molar-refractivity contribution in [3.8, 4) is 0 Å². The topological polar surface area (TPSA) is 130 Å². The second-order valence-electron chi connectivity index (χ2n) is 9.89. The summed E-state index contributed by atoms with van der Waals surface area (Å²) in [5, 5.41) is 0. The van der Waals surface area contributed by atoms with Crippen molar-refractivity contribution in [2.75, 3.05) is 42.6 Å². The summed E-state index contributed by atoms with van der Waals surface area (Å²) in [6.45, 7) is 4.49. The van der Waals surface area contributed by atoms with Crippen molar-refractivity contribution in [1.82, 2.24) is 4.90 Å². The molecule has 1 aliphatic carbocycles. The van der Waals surface area contributed by atoms with Crippen molar-refractivity contribution in [3.05, 3.63) is 59.7 Å². The molecule has 1 amide bonds. The molecule has 2 aromatic rings. The number of carbonyl (C=O) groups excluding carboxylic acids is 2. The first-order valence-corrected chi connectivity index (χ1v) is 13.3. The third kappa shape index (κ3) is 4.90. The molecule has 3 aliphatic rings. The largest absolute Gasteiger partial charge is 0.462 e. The van der Waals surface area contributed by atoms with E-state index < -0.39 is 11.6 Å². The number of hydrogen-bond donors (Lipinski definition) is 2. The summed E-state index contributed by atoms with van der Waals surface area (Å²) in [5.41, 5.74) is 14.8. The number of esters is 1. The Labute approximate surface area is 222 Å². The van der Waals surface area contributed by atoms with E-state index in [1.54, 1.807) is 13.0 Å². The second kappa shape index (κ2) is 10.7. The van der Waals surface area contributed by atoms with Gasteiger partial charge in [0.25, 0.3) is 5.91 Å². The highest BCUT2D eigenvalue weighted by molar-refractivity contribution is 6.08. The molecule has 1 saturated carbocycles.